The van der Waals surface area contributed by atoms with E-state index in [2.05, 4.69) is 20.5 Å². The second-order valence-corrected chi connectivity index (χ2v) is 6.94. The van der Waals surface area contributed by atoms with Gasteiger partial charge in [-0.15, -0.1) is 0 Å². The number of nitrogens with one attached hydrogen (secondary N) is 2. The predicted molar refractivity (Wildman–Crippen MR) is 112 cm³/mol. The van der Waals surface area contributed by atoms with Crippen molar-refractivity contribution in [1.29, 1.82) is 0 Å². The van der Waals surface area contributed by atoms with Crippen LogP contribution in [0.2, 0.25) is 0 Å². The molecule has 0 aliphatic rings. The largest absolute Gasteiger partial charge is 0.462 e. The third-order valence-electron chi connectivity index (χ3n) is 4.52. The second-order valence-electron chi connectivity index (χ2n) is 6.94. The van der Waals surface area contributed by atoms with Gasteiger partial charge >= 0.3 is 12.1 Å². The summed E-state index contributed by atoms with van der Waals surface area (Å²) in [5.41, 5.74) is -2.18. The summed E-state index contributed by atoms with van der Waals surface area (Å²) in [6.07, 6.45) is -4.18. The predicted octanol–water partition coefficient (Wildman–Crippen LogP) is 3.71. The van der Waals surface area contributed by atoms with Crippen molar-refractivity contribution >= 4 is 23.5 Å². The quantitative estimate of drug-likeness (QED) is 0.384. The molecule has 0 bridgehead atoms. The molecule has 0 saturated heterocycles. The maximum absolute atomic E-state index is 13.6. The van der Waals surface area contributed by atoms with Crippen molar-refractivity contribution < 1.29 is 41.1 Å². The number of esters is 1. The fourth-order valence-electron chi connectivity index (χ4n) is 2.97. The van der Waals surface area contributed by atoms with Gasteiger partial charge < -0.3 is 15.4 Å². The van der Waals surface area contributed by atoms with Gasteiger partial charge in [-0.25, -0.2) is 18.3 Å². The van der Waals surface area contributed by atoms with Crippen molar-refractivity contribution in [3.05, 3.63) is 77.1 Å². The fourth-order valence-corrected chi connectivity index (χ4v) is 2.97. The first-order valence-electron chi connectivity index (χ1n) is 9.97. The molecule has 0 fully saturated rings. The van der Waals surface area contributed by atoms with E-state index in [4.69, 9.17) is 0 Å². The molecule has 0 unspecified atom stereocenters. The molecule has 1 aromatic heterocycles. The van der Waals surface area contributed by atoms with Gasteiger partial charge in [0.15, 0.2) is 17.3 Å². The molecule has 1 heterocycles. The van der Waals surface area contributed by atoms with Gasteiger partial charge in [0.2, 0.25) is 5.91 Å². The number of carbonyl (C=O) groups is 3. The van der Waals surface area contributed by atoms with Crippen molar-refractivity contribution in [1.82, 2.24) is 15.1 Å². The average molecular weight is 496 g/mol. The highest BCUT2D eigenvalue weighted by Crippen LogP contribution is 2.34. The number of carbonyl (C=O) groups excluding carboxylic acids is 3. The van der Waals surface area contributed by atoms with E-state index < -0.39 is 53.4 Å². The number of anilines is 1. The van der Waals surface area contributed by atoms with Gasteiger partial charge in [0.25, 0.3) is 5.91 Å². The average Bonchev–Trinajstić information content (AvgIpc) is 3.26. The topological polar surface area (TPSA) is 102 Å². The molecule has 0 saturated carbocycles. The van der Waals surface area contributed by atoms with Crippen LogP contribution in [0.3, 0.4) is 0 Å². The Morgan fingerprint density at radius 2 is 1.71 bits per heavy atom. The minimum absolute atomic E-state index is 0.0145. The molecule has 8 nitrogen and oxygen atoms in total. The summed E-state index contributed by atoms with van der Waals surface area (Å²) in [4.78, 5) is 36.1. The van der Waals surface area contributed by atoms with Crippen LogP contribution >= 0.6 is 0 Å². The van der Waals surface area contributed by atoms with Crippen molar-refractivity contribution in [3.8, 4) is 5.69 Å². The lowest BCUT2D eigenvalue weighted by molar-refractivity contribution is -0.143. The first-order valence-corrected chi connectivity index (χ1v) is 9.97. The smallest absolute Gasteiger partial charge is 0.434 e. The Bertz CT molecular complexity index is 1260. The Morgan fingerprint density at radius 1 is 1.03 bits per heavy atom. The highest BCUT2D eigenvalue weighted by atomic mass is 19.4. The Labute approximate surface area is 194 Å². The molecule has 13 heteroatoms. The van der Waals surface area contributed by atoms with Crippen molar-refractivity contribution in [2.45, 2.75) is 13.1 Å². The van der Waals surface area contributed by atoms with Gasteiger partial charge in [-0.05, 0) is 43.3 Å². The Balaban J connectivity index is 1.69. The maximum atomic E-state index is 13.6. The number of amides is 2. The molecular weight excluding hydrogens is 479 g/mol. The molecule has 3 rings (SSSR count). The van der Waals surface area contributed by atoms with Gasteiger partial charge in [0.05, 0.1) is 25.0 Å². The molecule has 2 aromatic carbocycles. The number of nitrogens with zero attached hydrogens (tertiary/aromatic N) is 2. The fraction of sp³-hybridized carbons (Fsp3) is 0.182. The minimum atomic E-state index is -4.92. The lowest BCUT2D eigenvalue weighted by atomic mass is 10.2. The number of hydrogen-bond acceptors (Lipinski definition) is 5. The SMILES string of the molecule is CCOC(=O)c1cnn(-c2ccc(C(=O)NCC(=O)Nc3ccc(F)c(F)c3)cc2)c1C(F)(F)F. The summed E-state index contributed by atoms with van der Waals surface area (Å²) in [6.45, 7) is 0.815. The number of ether oxygens (including phenoxy) is 1. The van der Waals surface area contributed by atoms with Crippen LogP contribution in [0.1, 0.15) is 33.3 Å². The van der Waals surface area contributed by atoms with Gasteiger partial charge in [0, 0.05) is 17.3 Å². The number of hydrogen-bond donors (Lipinski definition) is 2. The summed E-state index contributed by atoms with van der Waals surface area (Å²) in [5, 5.41) is 8.20. The van der Waals surface area contributed by atoms with Crippen molar-refractivity contribution in [3.63, 3.8) is 0 Å². The Morgan fingerprint density at radius 3 is 2.31 bits per heavy atom. The van der Waals surface area contributed by atoms with Crippen LogP contribution in [-0.4, -0.2) is 40.7 Å². The number of aromatic nitrogens is 2. The molecule has 0 radical (unpaired) electrons. The summed E-state index contributed by atoms with van der Waals surface area (Å²) < 4.78 is 72.1. The van der Waals surface area contributed by atoms with Gasteiger partial charge in [-0.1, -0.05) is 0 Å². The van der Waals surface area contributed by atoms with E-state index in [-0.39, 0.29) is 23.5 Å². The monoisotopic (exact) mass is 496 g/mol. The molecule has 2 N–H and O–H groups in total. The standard InChI is InChI=1S/C22H17F5N4O4/c1-2-35-21(34)15-10-29-31(19(15)22(25,26)27)14-6-3-12(4-7-14)20(33)28-11-18(32)30-13-5-8-16(23)17(24)9-13/h3-10H,2,11H2,1H3,(H,28,33)(H,30,32). The van der Waals surface area contributed by atoms with Crippen LogP contribution in [0.5, 0.6) is 0 Å². The molecule has 0 aliphatic carbocycles. The first kappa shape index (κ1) is 25.3. The molecule has 3 aromatic rings. The van der Waals surface area contributed by atoms with E-state index in [1.54, 1.807) is 0 Å². The van der Waals surface area contributed by atoms with E-state index in [0.29, 0.717) is 4.68 Å². The van der Waals surface area contributed by atoms with Crippen LogP contribution in [0.25, 0.3) is 5.69 Å². The highest BCUT2D eigenvalue weighted by molar-refractivity contribution is 5.99. The molecule has 35 heavy (non-hydrogen) atoms. The molecule has 2 amide bonds. The molecule has 184 valence electrons. The lowest BCUT2D eigenvalue weighted by Crippen LogP contribution is -2.32. The number of halogens is 5. The third kappa shape index (κ3) is 5.99. The van der Waals surface area contributed by atoms with Crippen LogP contribution in [0.4, 0.5) is 27.6 Å². The molecule has 0 aliphatic heterocycles. The van der Waals surface area contributed by atoms with Crippen LogP contribution in [0.15, 0.2) is 48.7 Å². The zero-order chi connectivity index (χ0) is 25.8. The van der Waals surface area contributed by atoms with Crippen molar-refractivity contribution in [2.24, 2.45) is 0 Å². The summed E-state index contributed by atoms with van der Waals surface area (Å²) in [6, 6.07) is 7.47. The molecule has 0 atom stereocenters. The van der Waals surface area contributed by atoms with E-state index in [0.717, 1.165) is 24.4 Å². The van der Waals surface area contributed by atoms with Crippen LogP contribution < -0.4 is 10.6 Å². The second kappa shape index (κ2) is 10.3. The zero-order valence-corrected chi connectivity index (χ0v) is 18.0. The van der Waals surface area contributed by atoms with E-state index >= 15 is 0 Å². The van der Waals surface area contributed by atoms with Crippen LogP contribution in [-0.2, 0) is 15.7 Å². The zero-order valence-electron chi connectivity index (χ0n) is 18.0. The lowest BCUT2D eigenvalue weighted by Gasteiger charge is -2.13. The Kier molecular flexibility index (Phi) is 7.47. The van der Waals surface area contributed by atoms with Crippen LogP contribution in [0, 0.1) is 11.6 Å². The summed E-state index contributed by atoms with van der Waals surface area (Å²) in [7, 11) is 0. The molecule has 0 spiro atoms. The first-order chi connectivity index (χ1) is 16.5. The van der Waals surface area contributed by atoms with Crippen molar-refractivity contribution in [2.75, 3.05) is 18.5 Å². The van der Waals surface area contributed by atoms with Gasteiger partial charge in [0.1, 0.15) is 5.56 Å². The van der Waals surface area contributed by atoms with E-state index in [1.807, 2.05) is 0 Å². The Hall–Kier alpha value is -4.29. The third-order valence-corrected chi connectivity index (χ3v) is 4.52. The minimum Gasteiger partial charge on any atom is -0.462 e. The van der Waals surface area contributed by atoms with Gasteiger partial charge in [-0.2, -0.15) is 18.3 Å². The molecular formula is C22H17F5N4O4. The number of benzene rings is 2. The summed E-state index contributed by atoms with van der Waals surface area (Å²) >= 11 is 0. The number of rotatable bonds is 7. The summed E-state index contributed by atoms with van der Waals surface area (Å²) in [5.74, 6) is -4.87. The van der Waals surface area contributed by atoms with E-state index in [1.165, 1.54) is 31.2 Å². The van der Waals surface area contributed by atoms with E-state index in [9.17, 15) is 36.3 Å². The number of alkyl halides is 3. The van der Waals surface area contributed by atoms with Gasteiger partial charge in [-0.3, -0.25) is 9.59 Å². The normalized spacial score (nSPS) is 11.1. The highest BCUT2D eigenvalue weighted by Gasteiger charge is 2.41. The maximum Gasteiger partial charge on any atom is 0.434 e.